The van der Waals surface area contributed by atoms with Crippen molar-refractivity contribution < 1.29 is 19.7 Å². The molecule has 0 saturated heterocycles. The Balaban J connectivity index is 1.33. The van der Waals surface area contributed by atoms with Crippen LogP contribution in [-0.4, -0.2) is 23.4 Å². The monoisotopic (exact) mass is 896 g/mol. The average molecular weight is 897 g/mol. The Bertz CT molecular complexity index is 2510. The fraction of sp³-hybridized carbons (Fsp3) is 0.250. The summed E-state index contributed by atoms with van der Waals surface area (Å²) in [6.07, 6.45) is 56.9. The highest BCUT2D eigenvalue weighted by Gasteiger charge is 2.26. The van der Waals surface area contributed by atoms with E-state index in [1.165, 1.54) is 0 Å². The second-order valence-corrected chi connectivity index (χ2v) is 18.5. The highest BCUT2D eigenvalue weighted by Crippen LogP contribution is 2.43. The maximum absolute atomic E-state index is 12.8. The molecule has 344 valence electrons. The molecule has 0 unspecified atom stereocenters. The second-order valence-electron chi connectivity index (χ2n) is 18.5. The molecule has 68 heavy (non-hydrogen) atoms. The van der Waals surface area contributed by atoms with E-state index in [4.69, 9.17) is 9.47 Å². The minimum Gasteiger partial charge on any atom is -0.507 e. The molecule has 4 aromatic carbocycles. The zero-order valence-corrected chi connectivity index (χ0v) is 39.6. The summed E-state index contributed by atoms with van der Waals surface area (Å²) in [5.74, 6) is 2.29. The highest BCUT2D eigenvalue weighted by molar-refractivity contribution is 5.60. The minimum atomic E-state index is 0.0108. The molecule has 0 spiro atoms. The Morgan fingerprint density at radius 3 is 0.779 bits per heavy atom. The van der Waals surface area contributed by atoms with Gasteiger partial charge in [0, 0.05) is 49.4 Å². The van der Waals surface area contributed by atoms with Crippen molar-refractivity contribution in [1.82, 2.24) is 0 Å². The highest BCUT2D eigenvalue weighted by atomic mass is 16.5. The number of aromatic hydroxyl groups is 2. The van der Waals surface area contributed by atoms with E-state index in [1.807, 2.05) is 0 Å². The number of ether oxygens (including phenoxy) is 2. The van der Waals surface area contributed by atoms with E-state index in [0.717, 1.165) is 104 Å². The summed E-state index contributed by atoms with van der Waals surface area (Å²) < 4.78 is 13.9. The Morgan fingerprint density at radius 1 is 0.338 bits per heavy atom. The van der Waals surface area contributed by atoms with Crippen molar-refractivity contribution >= 4 is 0 Å². The fourth-order valence-electron chi connectivity index (χ4n) is 9.93. The van der Waals surface area contributed by atoms with Crippen molar-refractivity contribution in [2.75, 3.05) is 13.2 Å². The molecule has 5 aliphatic rings. The third kappa shape index (κ3) is 10.9. The van der Waals surface area contributed by atoms with Gasteiger partial charge in [-0.1, -0.05) is 221 Å². The third-order valence-electron chi connectivity index (χ3n) is 13.5. The molecule has 0 atom stereocenters. The normalized spacial score (nSPS) is 16.9. The number of phenolic OH excluding ortho intramolecular Hbond substituents is 2. The molecular weight excluding hydrogens is 833 g/mol. The lowest BCUT2D eigenvalue weighted by molar-refractivity contribution is 0.303. The average Bonchev–Trinajstić information content (AvgIpc) is 3.99. The Kier molecular flexibility index (Phi) is 15.0. The standard InChI is InChI=1S/C64H64O4/c1-3-5-31-67-63-57-37-51(47-27-19-11-12-20-28-47)38-58(63)42-54-34-50(46-25-17-9-10-18-26-46)36-56(62(54)66)44-60-40-52(48-29-21-13-14-22-30-48)39-59(64(60)68-32-6-4-2)43-55-35-49(33-53(41-57)61(55)65)45-23-15-7-8-16-24-45/h7-30,33-40,45-48,65-66H,3-6,31-32,41-44H2,1-2H3. The molecule has 0 fully saturated rings. The van der Waals surface area contributed by atoms with Crippen molar-refractivity contribution in [1.29, 1.82) is 0 Å². The van der Waals surface area contributed by atoms with Crippen LogP contribution in [0.1, 0.15) is 130 Å². The molecule has 0 aliphatic heterocycles. The van der Waals surface area contributed by atoms with Crippen LogP contribution in [0, 0.1) is 0 Å². The van der Waals surface area contributed by atoms with Crippen LogP contribution in [0.2, 0.25) is 0 Å². The number of rotatable bonds is 12. The molecule has 0 aromatic heterocycles. The van der Waals surface area contributed by atoms with E-state index in [-0.39, 0.29) is 23.7 Å². The zero-order chi connectivity index (χ0) is 46.7. The Morgan fingerprint density at radius 2 is 0.559 bits per heavy atom. The molecule has 0 heterocycles. The van der Waals surface area contributed by atoms with Gasteiger partial charge in [0.25, 0.3) is 0 Å². The van der Waals surface area contributed by atoms with Crippen LogP contribution < -0.4 is 9.47 Å². The topological polar surface area (TPSA) is 58.9 Å². The van der Waals surface area contributed by atoms with Crippen LogP contribution in [0.15, 0.2) is 194 Å². The van der Waals surface area contributed by atoms with Crippen molar-refractivity contribution in [2.45, 2.75) is 88.9 Å². The predicted octanol–water partition coefficient (Wildman–Crippen LogP) is 15.2. The van der Waals surface area contributed by atoms with Gasteiger partial charge in [0.2, 0.25) is 0 Å². The van der Waals surface area contributed by atoms with Crippen molar-refractivity contribution in [3.63, 3.8) is 0 Å². The summed E-state index contributed by atoms with van der Waals surface area (Å²) in [4.78, 5) is 0. The number of hydrogen-bond donors (Lipinski definition) is 2. The van der Waals surface area contributed by atoms with Gasteiger partial charge in [-0.25, -0.2) is 0 Å². The Hall–Kier alpha value is -7.04. The number of hydrogen-bond acceptors (Lipinski definition) is 4. The summed E-state index contributed by atoms with van der Waals surface area (Å²) in [6.45, 7) is 5.49. The zero-order valence-electron chi connectivity index (χ0n) is 39.6. The fourth-order valence-corrected chi connectivity index (χ4v) is 9.93. The first-order chi connectivity index (χ1) is 33.4. The lowest BCUT2D eigenvalue weighted by Crippen LogP contribution is -2.10. The van der Waals surface area contributed by atoms with E-state index in [1.54, 1.807) is 0 Å². The van der Waals surface area contributed by atoms with Gasteiger partial charge in [-0.15, -0.1) is 0 Å². The summed E-state index contributed by atoms with van der Waals surface area (Å²) in [5.41, 5.74) is 11.9. The first-order valence-corrected chi connectivity index (χ1v) is 24.8. The number of benzene rings is 4. The SMILES string of the molecule is CCCCOc1c2cc(C3C=CC=CC=C3)cc1Cc1cc(C3C=CC=CC=C3)cc(c1O)Cc1cc(C3C=CC=CC=C3)cc(c1OCCCC)Cc1cc(C3C=CC=CC=C3)cc(c1O)C2. The number of phenols is 2. The van der Waals surface area contributed by atoms with Gasteiger partial charge >= 0.3 is 0 Å². The molecule has 0 radical (unpaired) electrons. The van der Waals surface area contributed by atoms with Gasteiger partial charge in [-0.05, 0) is 79.6 Å². The number of fused-ring (bicyclic) bond motifs is 8. The van der Waals surface area contributed by atoms with E-state index in [0.29, 0.717) is 50.4 Å². The maximum atomic E-state index is 12.8. The van der Waals surface area contributed by atoms with Crippen LogP contribution in [0.3, 0.4) is 0 Å². The smallest absolute Gasteiger partial charge is 0.126 e. The van der Waals surface area contributed by atoms with Crippen LogP contribution in [-0.2, 0) is 25.7 Å². The maximum Gasteiger partial charge on any atom is 0.126 e. The van der Waals surface area contributed by atoms with Gasteiger partial charge in [0.1, 0.15) is 23.0 Å². The summed E-state index contributed by atoms with van der Waals surface area (Å²) >= 11 is 0. The summed E-state index contributed by atoms with van der Waals surface area (Å²) in [7, 11) is 0. The van der Waals surface area contributed by atoms with Crippen LogP contribution in [0.25, 0.3) is 0 Å². The molecule has 4 nitrogen and oxygen atoms in total. The lowest BCUT2D eigenvalue weighted by atomic mass is 9.84. The van der Waals surface area contributed by atoms with Gasteiger partial charge in [0.15, 0.2) is 0 Å². The molecule has 5 aliphatic carbocycles. The summed E-state index contributed by atoms with van der Waals surface area (Å²) in [5, 5.41) is 25.6. The van der Waals surface area contributed by atoms with Crippen LogP contribution in [0.4, 0.5) is 0 Å². The predicted molar refractivity (Wildman–Crippen MR) is 282 cm³/mol. The molecule has 8 bridgehead atoms. The lowest BCUT2D eigenvalue weighted by Gasteiger charge is -2.24. The first kappa shape index (κ1) is 46.1. The van der Waals surface area contributed by atoms with Gasteiger partial charge in [-0.3, -0.25) is 0 Å². The second kappa shape index (κ2) is 22.2. The van der Waals surface area contributed by atoms with Gasteiger partial charge < -0.3 is 19.7 Å². The van der Waals surface area contributed by atoms with E-state index >= 15 is 0 Å². The molecule has 9 rings (SSSR count). The van der Waals surface area contributed by atoms with E-state index in [2.05, 4.69) is 208 Å². The van der Waals surface area contributed by atoms with Gasteiger partial charge in [-0.2, -0.15) is 0 Å². The van der Waals surface area contributed by atoms with Crippen molar-refractivity contribution in [2.24, 2.45) is 0 Å². The Labute approximate surface area is 404 Å². The largest absolute Gasteiger partial charge is 0.507 e. The van der Waals surface area contributed by atoms with E-state index < -0.39 is 0 Å². The quantitative estimate of drug-likeness (QED) is 0.123. The van der Waals surface area contributed by atoms with Crippen molar-refractivity contribution in [3.05, 3.63) is 261 Å². The molecule has 2 N–H and O–H groups in total. The molecule has 0 amide bonds. The van der Waals surface area contributed by atoms with Gasteiger partial charge in [0.05, 0.1) is 13.2 Å². The van der Waals surface area contributed by atoms with Crippen LogP contribution in [0.5, 0.6) is 23.0 Å². The number of allylic oxidation sites excluding steroid dienone is 24. The third-order valence-corrected chi connectivity index (χ3v) is 13.5. The molecule has 4 aromatic rings. The first-order valence-electron chi connectivity index (χ1n) is 24.8. The minimum absolute atomic E-state index is 0.0108. The van der Waals surface area contributed by atoms with Crippen LogP contribution >= 0.6 is 0 Å². The molecule has 4 heteroatoms. The van der Waals surface area contributed by atoms with Crippen molar-refractivity contribution in [3.8, 4) is 23.0 Å². The van der Waals surface area contributed by atoms with E-state index in [9.17, 15) is 10.2 Å². The summed E-state index contributed by atoms with van der Waals surface area (Å²) in [6, 6.07) is 17.9. The number of unbranched alkanes of at least 4 members (excludes halogenated alkanes) is 2. The molecule has 0 saturated carbocycles. The molecular formula is C64H64O4.